The van der Waals surface area contributed by atoms with Gasteiger partial charge in [0.05, 0.1) is 23.4 Å². The second kappa shape index (κ2) is 7.42. The highest BCUT2D eigenvalue weighted by atomic mass is 35.5. The van der Waals surface area contributed by atoms with E-state index in [1.165, 1.54) is 10.9 Å². The third-order valence-corrected chi connectivity index (χ3v) is 3.53. The summed E-state index contributed by atoms with van der Waals surface area (Å²) in [7, 11) is 0. The maximum Gasteiger partial charge on any atom is 0.338 e. The van der Waals surface area contributed by atoms with E-state index in [0.717, 1.165) is 0 Å². The molecular weight excluding hydrogens is 327 g/mol. The van der Waals surface area contributed by atoms with Gasteiger partial charge in [0.15, 0.2) is 0 Å². The molecule has 1 aromatic carbocycles. The highest BCUT2D eigenvalue weighted by molar-refractivity contribution is 6.30. The van der Waals surface area contributed by atoms with Crippen LogP contribution in [0.5, 0.6) is 0 Å². The van der Waals surface area contributed by atoms with Crippen LogP contribution in [0.15, 0.2) is 35.4 Å². The van der Waals surface area contributed by atoms with Crippen LogP contribution in [0.3, 0.4) is 0 Å². The van der Waals surface area contributed by atoms with Crippen molar-refractivity contribution in [2.75, 3.05) is 12.5 Å². The summed E-state index contributed by atoms with van der Waals surface area (Å²) < 4.78 is 6.28. The standard InChI is InChI=1S/C15H14Cl2N2O3/c1-2-22-15(21)10-3-5-11(6-4-10)19-9-18-13(17)12(7-8-16)14(19)20/h3-6,9H,2,7-8H2,1H3. The molecule has 0 spiro atoms. The lowest BCUT2D eigenvalue weighted by atomic mass is 10.2. The molecule has 0 aliphatic rings. The van der Waals surface area contributed by atoms with Gasteiger partial charge in [0, 0.05) is 5.88 Å². The predicted molar refractivity (Wildman–Crippen MR) is 85.2 cm³/mol. The predicted octanol–water partition coefficient (Wildman–Crippen LogP) is 2.84. The Hall–Kier alpha value is -1.85. The third-order valence-electron chi connectivity index (χ3n) is 3.01. The Kier molecular flexibility index (Phi) is 5.57. The zero-order chi connectivity index (χ0) is 16.1. The van der Waals surface area contributed by atoms with E-state index >= 15 is 0 Å². The number of ether oxygens (including phenoxy) is 1. The van der Waals surface area contributed by atoms with Crippen molar-refractivity contribution in [3.8, 4) is 5.69 Å². The van der Waals surface area contributed by atoms with Crippen LogP contribution in [-0.4, -0.2) is 28.0 Å². The van der Waals surface area contributed by atoms with Gasteiger partial charge in [-0.1, -0.05) is 11.6 Å². The van der Waals surface area contributed by atoms with E-state index in [2.05, 4.69) is 4.98 Å². The van der Waals surface area contributed by atoms with Gasteiger partial charge in [-0.25, -0.2) is 9.78 Å². The summed E-state index contributed by atoms with van der Waals surface area (Å²) in [6, 6.07) is 6.48. The number of rotatable bonds is 5. The number of halogens is 2. The zero-order valence-corrected chi connectivity index (χ0v) is 13.4. The smallest absolute Gasteiger partial charge is 0.338 e. The van der Waals surface area contributed by atoms with E-state index in [1.807, 2.05) is 0 Å². The molecule has 0 fully saturated rings. The highest BCUT2D eigenvalue weighted by Gasteiger charge is 2.12. The van der Waals surface area contributed by atoms with Crippen molar-refractivity contribution >= 4 is 29.2 Å². The number of carbonyl (C=O) groups is 1. The first kappa shape index (κ1) is 16.5. The fourth-order valence-corrected chi connectivity index (χ4v) is 2.34. The molecule has 0 amide bonds. The molecule has 22 heavy (non-hydrogen) atoms. The van der Waals surface area contributed by atoms with Gasteiger partial charge in [-0.15, -0.1) is 11.6 Å². The van der Waals surface area contributed by atoms with Crippen molar-refractivity contribution < 1.29 is 9.53 Å². The summed E-state index contributed by atoms with van der Waals surface area (Å²) in [6.45, 7) is 2.05. The van der Waals surface area contributed by atoms with Gasteiger partial charge >= 0.3 is 5.97 Å². The monoisotopic (exact) mass is 340 g/mol. The number of hydrogen-bond acceptors (Lipinski definition) is 4. The molecule has 7 heteroatoms. The lowest BCUT2D eigenvalue weighted by molar-refractivity contribution is 0.0526. The normalized spacial score (nSPS) is 10.5. The number of nitrogens with zero attached hydrogens (tertiary/aromatic N) is 2. The summed E-state index contributed by atoms with van der Waals surface area (Å²) >= 11 is 11.6. The summed E-state index contributed by atoms with van der Waals surface area (Å²) in [5.41, 5.74) is 1.10. The minimum Gasteiger partial charge on any atom is -0.462 e. The van der Waals surface area contributed by atoms with Gasteiger partial charge in [-0.3, -0.25) is 9.36 Å². The van der Waals surface area contributed by atoms with Gasteiger partial charge in [0.25, 0.3) is 5.56 Å². The number of carbonyl (C=O) groups excluding carboxylic acids is 1. The highest BCUT2D eigenvalue weighted by Crippen LogP contribution is 2.13. The molecular formula is C15H14Cl2N2O3. The number of benzene rings is 1. The molecule has 0 N–H and O–H groups in total. The van der Waals surface area contributed by atoms with Crippen LogP contribution < -0.4 is 5.56 Å². The quantitative estimate of drug-likeness (QED) is 0.477. The Morgan fingerprint density at radius 2 is 2.00 bits per heavy atom. The van der Waals surface area contributed by atoms with Crippen LogP contribution in [0, 0.1) is 0 Å². The summed E-state index contributed by atoms with van der Waals surface area (Å²) in [6.07, 6.45) is 1.69. The SMILES string of the molecule is CCOC(=O)c1ccc(-n2cnc(Cl)c(CCCl)c2=O)cc1. The lowest BCUT2D eigenvalue weighted by Crippen LogP contribution is -2.23. The molecule has 2 rings (SSSR count). The molecule has 0 aliphatic carbocycles. The van der Waals surface area contributed by atoms with E-state index in [-0.39, 0.29) is 16.6 Å². The minimum atomic E-state index is -0.404. The molecule has 1 aromatic heterocycles. The van der Waals surface area contributed by atoms with Crippen LogP contribution in [0.2, 0.25) is 5.15 Å². The molecule has 0 bridgehead atoms. The van der Waals surface area contributed by atoms with Crippen LogP contribution in [0.25, 0.3) is 5.69 Å². The van der Waals surface area contributed by atoms with Crippen LogP contribution in [-0.2, 0) is 11.2 Å². The fraction of sp³-hybridized carbons (Fsp3) is 0.267. The lowest BCUT2D eigenvalue weighted by Gasteiger charge is -2.09. The Morgan fingerprint density at radius 1 is 1.32 bits per heavy atom. The van der Waals surface area contributed by atoms with Gasteiger partial charge in [-0.2, -0.15) is 0 Å². The van der Waals surface area contributed by atoms with Gasteiger partial charge in [-0.05, 0) is 37.6 Å². The minimum absolute atomic E-state index is 0.157. The Morgan fingerprint density at radius 3 is 2.59 bits per heavy atom. The van der Waals surface area contributed by atoms with Crippen molar-refractivity contribution in [1.29, 1.82) is 0 Å². The van der Waals surface area contributed by atoms with Crippen molar-refractivity contribution in [3.63, 3.8) is 0 Å². The molecule has 0 atom stereocenters. The molecule has 0 saturated heterocycles. The topological polar surface area (TPSA) is 61.2 Å². The van der Waals surface area contributed by atoms with Crippen molar-refractivity contribution in [2.24, 2.45) is 0 Å². The maximum atomic E-state index is 12.4. The summed E-state index contributed by atoms with van der Waals surface area (Å²) in [4.78, 5) is 28.0. The Labute approximate surface area is 137 Å². The molecule has 2 aromatic rings. The largest absolute Gasteiger partial charge is 0.462 e. The second-order valence-electron chi connectivity index (χ2n) is 4.40. The Bertz CT molecular complexity index is 727. The van der Waals surface area contributed by atoms with Crippen molar-refractivity contribution in [3.05, 3.63) is 57.2 Å². The van der Waals surface area contributed by atoms with E-state index < -0.39 is 5.97 Å². The first-order chi connectivity index (χ1) is 10.6. The van der Waals surface area contributed by atoms with E-state index in [4.69, 9.17) is 27.9 Å². The van der Waals surface area contributed by atoms with Crippen molar-refractivity contribution in [2.45, 2.75) is 13.3 Å². The van der Waals surface area contributed by atoms with Crippen LogP contribution >= 0.6 is 23.2 Å². The average molecular weight is 341 g/mol. The number of aromatic nitrogens is 2. The summed E-state index contributed by atoms with van der Waals surface area (Å²) in [5.74, 6) is -0.124. The fourth-order valence-electron chi connectivity index (χ4n) is 1.93. The number of alkyl halides is 1. The van der Waals surface area contributed by atoms with E-state index in [0.29, 0.717) is 29.8 Å². The molecule has 0 aliphatic heterocycles. The first-order valence-electron chi connectivity index (χ1n) is 6.68. The molecule has 0 radical (unpaired) electrons. The van der Waals surface area contributed by atoms with Crippen LogP contribution in [0.1, 0.15) is 22.8 Å². The van der Waals surface area contributed by atoms with Crippen molar-refractivity contribution in [1.82, 2.24) is 9.55 Å². The van der Waals surface area contributed by atoms with E-state index in [9.17, 15) is 9.59 Å². The van der Waals surface area contributed by atoms with Gasteiger partial charge in [0.1, 0.15) is 11.5 Å². The van der Waals surface area contributed by atoms with Gasteiger partial charge < -0.3 is 4.74 Å². The molecule has 0 unspecified atom stereocenters. The molecule has 0 saturated carbocycles. The molecule has 116 valence electrons. The number of hydrogen-bond donors (Lipinski definition) is 0. The second-order valence-corrected chi connectivity index (χ2v) is 5.13. The average Bonchev–Trinajstić information content (AvgIpc) is 2.52. The first-order valence-corrected chi connectivity index (χ1v) is 7.59. The van der Waals surface area contributed by atoms with Crippen LogP contribution in [0.4, 0.5) is 0 Å². The molecule has 5 nitrogen and oxygen atoms in total. The Balaban J connectivity index is 2.39. The van der Waals surface area contributed by atoms with Gasteiger partial charge in [0.2, 0.25) is 0 Å². The third kappa shape index (κ3) is 3.48. The zero-order valence-electron chi connectivity index (χ0n) is 11.9. The van der Waals surface area contributed by atoms with E-state index in [1.54, 1.807) is 31.2 Å². The number of esters is 1. The maximum absolute atomic E-state index is 12.4. The molecule has 1 heterocycles. The summed E-state index contributed by atoms with van der Waals surface area (Å²) in [5, 5.41) is 0.157.